The molecule has 512 valence electrons. The molecule has 13 rings (SSSR count). The van der Waals surface area contributed by atoms with Gasteiger partial charge in [0.05, 0.1) is 33.4 Å². The molecule has 100 heavy (non-hydrogen) atoms. The molecule has 2 N–H and O–H groups in total. The number of sulfonamides is 2. The lowest BCUT2D eigenvalue weighted by molar-refractivity contribution is -0.0355. The number of piperidine rings is 2. The predicted molar refractivity (Wildman–Crippen MR) is 400 cm³/mol. The van der Waals surface area contributed by atoms with E-state index in [4.69, 9.17) is 0 Å². The van der Waals surface area contributed by atoms with Crippen molar-refractivity contribution in [3.05, 3.63) is 325 Å². The van der Waals surface area contributed by atoms with Crippen LogP contribution in [0.1, 0.15) is 72.8 Å². The number of fused-ring (bicyclic) bond motifs is 2. The molecule has 2 heterocycles. The average Bonchev–Trinajstić information content (AvgIpc) is 0.783. The Morgan fingerprint density at radius 2 is 0.790 bits per heavy atom. The smallest absolute Gasteiger partial charge is 0.408 e. The van der Waals surface area contributed by atoms with E-state index in [1.54, 1.807) is 37.8 Å². The second-order valence-corrected chi connectivity index (χ2v) is 29.6. The predicted octanol–water partition coefficient (Wildman–Crippen LogP) is 17.5. The first-order valence-corrected chi connectivity index (χ1v) is 37.5. The van der Waals surface area contributed by atoms with E-state index in [-0.39, 0.29) is 34.8 Å². The Labute approximate surface area is 588 Å². The highest BCUT2D eigenvalue weighted by molar-refractivity contribution is 7.93. The van der Waals surface area contributed by atoms with Crippen LogP contribution in [0.4, 0.5) is 21.0 Å². The molecule has 11 aromatic carbocycles. The van der Waals surface area contributed by atoms with E-state index in [0.29, 0.717) is 67.3 Å². The third-order valence-corrected chi connectivity index (χ3v) is 23.3. The first-order chi connectivity index (χ1) is 48.8. The van der Waals surface area contributed by atoms with Crippen molar-refractivity contribution in [2.45, 2.75) is 112 Å². The molecule has 11 aromatic rings. The van der Waals surface area contributed by atoms with E-state index >= 15 is 8.42 Å². The molecule has 2 aliphatic rings. The van der Waals surface area contributed by atoms with Gasteiger partial charge < -0.3 is 15.1 Å². The van der Waals surface area contributed by atoms with Gasteiger partial charge in [0, 0.05) is 68.0 Å². The maximum absolute atomic E-state index is 15.3. The number of anilines is 2. The fourth-order valence-corrected chi connectivity index (χ4v) is 18.7. The van der Waals surface area contributed by atoms with Crippen molar-refractivity contribution in [2.75, 3.05) is 28.2 Å². The molecule has 2 aliphatic heterocycles. The number of amides is 2. The summed E-state index contributed by atoms with van der Waals surface area (Å²) in [6, 6.07) is 94.5. The number of hydrogen-bond acceptors (Lipinski definition) is 8. The molecule has 16 heteroatoms. The molecule has 0 spiro atoms. The van der Waals surface area contributed by atoms with Gasteiger partial charge in [-0.2, -0.15) is 0 Å². The van der Waals surface area contributed by atoms with Gasteiger partial charge in [-0.1, -0.05) is 261 Å². The SMILES string of the molecule is O=C(O)N1CCC(N(c2ccccc2)S(=O)(=O)c2cccc3ccccc23)CC1CCCN(Cc1ccccc1)Cc1ccccc1.O=C(O)N1CC[C@H](N(c2ccccc2)S(=O)(=O)c2cccc3ccccc23)C(CCCc2ccccc2)[C@H]1N(Cc1ccccc1)Cc1ccccc1. The highest BCUT2D eigenvalue weighted by Gasteiger charge is 2.49. The zero-order chi connectivity index (χ0) is 69.3. The summed E-state index contributed by atoms with van der Waals surface area (Å²) >= 11 is 0. The number of hydrogen-bond donors (Lipinski definition) is 2. The van der Waals surface area contributed by atoms with Gasteiger partial charge in [0.25, 0.3) is 20.0 Å². The first-order valence-electron chi connectivity index (χ1n) is 34.6. The van der Waals surface area contributed by atoms with Crippen molar-refractivity contribution in [3.8, 4) is 0 Å². The summed E-state index contributed by atoms with van der Waals surface area (Å²) in [5.41, 5.74) is 6.92. The van der Waals surface area contributed by atoms with Crippen LogP contribution in [0, 0.1) is 5.92 Å². The molecule has 2 fully saturated rings. The minimum absolute atomic E-state index is 0.189. The molecule has 3 unspecified atom stereocenters. The van der Waals surface area contributed by atoms with Crippen molar-refractivity contribution >= 4 is 65.2 Å². The Kier molecular flexibility index (Phi) is 23.1. The van der Waals surface area contributed by atoms with Crippen molar-refractivity contribution < 1.29 is 36.6 Å². The van der Waals surface area contributed by atoms with E-state index in [1.807, 2.05) is 212 Å². The van der Waals surface area contributed by atoms with Crippen LogP contribution >= 0.6 is 0 Å². The maximum atomic E-state index is 15.3. The van der Waals surface area contributed by atoms with Crippen LogP contribution in [0.3, 0.4) is 0 Å². The van der Waals surface area contributed by atoms with Crippen LogP contribution in [-0.4, -0.2) is 103 Å². The van der Waals surface area contributed by atoms with Gasteiger partial charge in [0.15, 0.2) is 0 Å². The highest BCUT2D eigenvalue weighted by atomic mass is 32.2. The van der Waals surface area contributed by atoms with Crippen molar-refractivity contribution in [1.82, 2.24) is 19.6 Å². The van der Waals surface area contributed by atoms with E-state index < -0.39 is 50.5 Å². The van der Waals surface area contributed by atoms with Crippen LogP contribution in [0.2, 0.25) is 0 Å². The molecule has 2 amide bonds. The van der Waals surface area contributed by atoms with Crippen LogP contribution in [0.15, 0.2) is 307 Å². The number of likely N-dealkylation sites (tertiary alicyclic amines) is 2. The molecule has 0 bridgehead atoms. The van der Waals surface area contributed by atoms with Gasteiger partial charge in [-0.05, 0) is 133 Å². The van der Waals surface area contributed by atoms with Gasteiger partial charge in [-0.15, -0.1) is 0 Å². The molecule has 0 aliphatic carbocycles. The molecular weight excluding hydrogens is 1290 g/mol. The Hall–Kier alpha value is -10.1. The van der Waals surface area contributed by atoms with Crippen molar-refractivity contribution in [2.24, 2.45) is 5.92 Å². The number of carbonyl (C=O) groups is 2. The fraction of sp³-hybridized carbons (Fsp3) is 0.238. The average molecular weight is 1370 g/mol. The van der Waals surface area contributed by atoms with Crippen LogP contribution in [0.25, 0.3) is 21.5 Å². The fourth-order valence-electron chi connectivity index (χ4n) is 14.9. The number of benzene rings is 11. The Morgan fingerprint density at radius 1 is 0.400 bits per heavy atom. The van der Waals surface area contributed by atoms with Crippen LogP contribution in [0.5, 0.6) is 0 Å². The highest BCUT2D eigenvalue weighted by Crippen LogP contribution is 2.42. The summed E-state index contributed by atoms with van der Waals surface area (Å²) in [5.74, 6) is -0.374. The Morgan fingerprint density at radius 3 is 1.26 bits per heavy atom. The van der Waals surface area contributed by atoms with Gasteiger partial charge in [0.2, 0.25) is 0 Å². The second-order valence-electron chi connectivity index (χ2n) is 26.0. The van der Waals surface area contributed by atoms with Gasteiger partial charge in [-0.25, -0.2) is 26.4 Å². The molecule has 0 radical (unpaired) electrons. The second kappa shape index (κ2) is 33.2. The maximum Gasteiger partial charge on any atom is 0.408 e. The number of nitrogens with zero attached hydrogens (tertiary/aromatic N) is 6. The number of carboxylic acid groups (broad SMARTS) is 2. The summed E-state index contributed by atoms with van der Waals surface area (Å²) in [4.78, 5) is 33.9. The summed E-state index contributed by atoms with van der Waals surface area (Å²) < 4.78 is 63.1. The minimum Gasteiger partial charge on any atom is -0.465 e. The standard InChI is InChI=1S/C45H45N3O4S.C39H41N3O4S/c49-45(50)47-32-31-42(48(39-26-11-4-12-27-39)53(51,52)43-30-16-25-38-24-13-14-28-40(38)43)41(29-15-23-35-17-5-1-6-18-35)44(47)46(33-36-19-7-2-8-20-36)34-37-21-9-3-10-22-37;43-39(44)41-27-25-36(28-35(41)22-13-26-40(29-31-14-4-1-5-15-31)30-32-16-6-2-7-17-32)42(34-20-8-3-9-21-34)47(45,46)38-24-12-19-33-18-10-11-23-37(33)38/h1-14,16-22,24-28,30,41-42,44H,15,23,29,31-34H2,(H,49,50);1-12,14-21,23-24,35-36H,13,22,25-30H2,(H,43,44)/t41?,42-,44-;/m0./s1. The molecule has 14 nitrogen and oxygen atoms in total. The minimum atomic E-state index is -4.15. The lowest BCUT2D eigenvalue weighted by atomic mass is 9.83. The van der Waals surface area contributed by atoms with E-state index in [2.05, 4.69) is 70.5 Å². The Bertz CT molecular complexity index is 4570. The molecule has 0 aromatic heterocycles. The zero-order valence-electron chi connectivity index (χ0n) is 56.1. The van der Waals surface area contributed by atoms with Gasteiger partial charge >= 0.3 is 12.2 Å². The first kappa shape index (κ1) is 69.8. The molecule has 2 saturated heterocycles. The zero-order valence-corrected chi connectivity index (χ0v) is 57.8. The number of aryl methyl sites for hydroxylation is 1. The topological polar surface area (TPSA) is 162 Å². The van der Waals surface area contributed by atoms with Crippen molar-refractivity contribution in [3.63, 3.8) is 0 Å². The van der Waals surface area contributed by atoms with E-state index in [0.717, 1.165) is 60.8 Å². The monoisotopic (exact) mass is 1370 g/mol. The molecule has 0 saturated carbocycles. The lowest BCUT2D eigenvalue weighted by Gasteiger charge is -2.52. The Balaban J connectivity index is 0.000000191. The van der Waals surface area contributed by atoms with E-state index in [1.165, 1.54) is 21.6 Å². The molecular formula is C84H86N6O8S2. The summed E-state index contributed by atoms with van der Waals surface area (Å²) in [5, 5.41) is 24.1. The number of rotatable bonds is 25. The quantitative estimate of drug-likeness (QED) is 0.0563. The van der Waals surface area contributed by atoms with E-state index in [9.17, 15) is 28.2 Å². The summed E-state index contributed by atoms with van der Waals surface area (Å²) in [7, 11) is -8.13. The third kappa shape index (κ3) is 16.9. The van der Waals surface area contributed by atoms with Crippen LogP contribution in [-0.2, 0) is 52.6 Å². The largest absolute Gasteiger partial charge is 0.465 e. The normalized spacial score (nSPS) is 17.2. The summed E-state index contributed by atoms with van der Waals surface area (Å²) in [6.45, 7) is 3.81. The lowest BCUT2D eigenvalue weighted by Crippen LogP contribution is -2.64. The summed E-state index contributed by atoms with van der Waals surface area (Å²) in [6.07, 6.45) is 2.19. The van der Waals surface area contributed by atoms with Crippen LogP contribution < -0.4 is 8.61 Å². The van der Waals surface area contributed by atoms with Crippen molar-refractivity contribution in [1.29, 1.82) is 0 Å². The van der Waals surface area contributed by atoms with Gasteiger partial charge in [-0.3, -0.25) is 23.3 Å². The molecule has 5 atom stereocenters. The number of para-hydroxylation sites is 2. The third-order valence-electron chi connectivity index (χ3n) is 19.5. The van der Waals surface area contributed by atoms with Gasteiger partial charge in [0.1, 0.15) is 0 Å².